The predicted molar refractivity (Wildman–Crippen MR) is 132 cm³/mol. The van der Waals surface area contributed by atoms with E-state index in [0.29, 0.717) is 22.6 Å². The van der Waals surface area contributed by atoms with Crippen LogP contribution < -0.4 is 9.64 Å². The molecule has 170 valence electrons. The molecule has 1 N–H and O–H groups in total. The monoisotopic (exact) mass is 517 g/mol. The first-order valence-corrected chi connectivity index (χ1v) is 11.4. The second-order valence-electron chi connectivity index (χ2n) is 8.04. The van der Waals surface area contributed by atoms with Gasteiger partial charge in [-0.2, -0.15) is 0 Å². The van der Waals surface area contributed by atoms with Gasteiger partial charge < -0.3 is 14.3 Å². The number of furan rings is 1. The van der Waals surface area contributed by atoms with Crippen molar-refractivity contribution in [2.45, 2.75) is 13.0 Å². The Kier molecular flexibility index (Phi) is 5.49. The number of aliphatic hydroxyl groups is 1. The Balaban J connectivity index is 1.70. The number of nitrogens with zero attached hydrogens (tertiary/aromatic N) is 1. The number of hydrogen-bond donors (Lipinski definition) is 1. The highest BCUT2D eigenvalue weighted by Gasteiger charge is 2.46. The van der Waals surface area contributed by atoms with Crippen LogP contribution in [0.4, 0.5) is 5.69 Å². The highest BCUT2D eigenvalue weighted by atomic mass is 79.9. The molecule has 0 saturated heterocycles. The zero-order valence-electron chi connectivity index (χ0n) is 18.4. The number of aliphatic hydroxyl groups excluding tert-OH is 1. The Hall–Kier alpha value is -3.84. The van der Waals surface area contributed by atoms with Crippen LogP contribution in [0.25, 0.3) is 11.0 Å². The van der Waals surface area contributed by atoms with Crippen molar-refractivity contribution in [1.82, 2.24) is 0 Å². The summed E-state index contributed by atoms with van der Waals surface area (Å²) in [7, 11) is 1.52. The smallest absolute Gasteiger partial charge is 0.294 e. The normalized spacial score (nSPS) is 15.9. The first kappa shape index (κ1) is 22.0. The minimum Gasteiger partial charge on any atom is -0.503 e. The molecule has 1 unspecified atom stereocenters. The first-order valence-electron chi connectivity index (χ1n) is 10.6. The number of anilines is 1. The lowest BCUT2D eigenvalue weighted by molar-refractivity contribution is -0.117. The van der Waals surface area contributed by atoms with Gasteiger partial charge in [0, 0.05) is 21.1 Å². The van der Waals surface area contributed by atoms with Crippen LogP contribution in [0.3, 0.4) is 0 Å². The van der Waals surface area contributed by atoms with Gasteiger partial charge in [0.1, 0.15) is 11.3 Å². The van der Waals surface area contributed by atoms with Crippen LogP contribution in [0.15, 0.2) is 93.0 Å². The maximum atomic E-state index is 13.7. The SMILES string of the molecule is COc1ccccc1C1C(C(=O)c2cc3cc(Br)ccc3o2)=C(O)C(=O)N1c1cccc(C)c1. The Morgan fingerprint density at radius 1 is 1.06 bits per heavy atom. The van der Waals surface area contributed by atoms with Crippen LogP contribution in [-0.4, -0.2) is 23.9 Å². The summed E-state index contributed by atoms with van der Waals surface area (Å²) in [5, 5.41) is 11.7. The van der Waals surface area contributed by atoms with Gasteiger partial charge in [-0.05, 0) is 55.0 Å². The van der Waals surface area contributed by atoms with E-state index >= 15 is 0 Å². The molecule has 0 bridgehead atoms. The number of carbonyl (C=O) groups is 2. The van der Waals surface area contributed by atoms with Crippen molar-refractivity contribution in [3.8, 4) is 5.75 Å². The van der Waals surface area contributed by atoms with Crippen molar-refractivity contribution < 1.29 is 23.8 Å². The maximum absolute atomic E-state index is 13.7. The number of ether oxygens (including phenoxy) is 1. The van der Waals surface area contributed by atoms with Crippen molar-refractivity contribution in [2.75, 3.05) is 12.0 Å². The van der Waals surface area contributed by atoms with E-state index in [0.717, 1.165) is 15.4 Å². The lowest BCUT2D eigenvalue weighted by atomic mass is 9.94. The van der Waals surface area contributed by atoms with Gasteiger partial charge in [0.05, 0.1) is 18.7 Å². The van der Waals surface area contributed by atoms with Crippen LogP contribution in [0, 0.1) is 6.92 Å². The van der Waals surface area contributed by atoms with Crippen LogP contribution in [0.2, 0.25) is 0 Å². The van der Waals surface area contributed by atoms with Gasteiger partial charge in [-0.25, -0.2) is 0 Å². The zero-order chi connectivity index (χ0) is 24.0. The van der Waals surface area contributed by atoms with Gasteiger partial charge in [-0.1, -0.05) is 46.3 Å². The summed E-state index contributed by atoms with van der Waals surface area (Å²) < 4.78 is 12.2. The van der Waals surface area contributed by atoms with Crippen molar-refractivity contribution in [1.29, 1.82) is 0 Å². The summed E-state index contributed by atoms with van der Waals surface area (Å²) in [6.07, 6.45) is 0. The van der Waals surface area contributed by atoms with Crippen LogP contribution in [-0.2, 0) is 4.79 Å². The molecule has 6 nitrogen and oxygen atoms in total. The summed E-state index contributed by atoms with van der Waals surface area (Å²) in [4.78, 5) is 28.5. The Labute approximate surface area is 204 Å². The molecule has 1 aromatic heterocycles. The van der Waals surface area contributed by atoms with E-state index in [1.54, 1.807) is 42.5 Å². The molecule has 0 aliphatic carbocycles. The standard InChI is InChI=1S/C27H20BrNO5/c1-15-6-5-7-18(12-15)29-24(19-8-3-4-9-21(19)33-2)23(26(31)27(29)32)25(30)22-14-16-13-17(28)10-11-20(16)34-22/h3-14,24,31H,1-2H3. The second kappa shape index (κ2) is 8.50. The number of methoxy groups -OCH3 is 1. The first-order chi connectivity index (χ1) is 16.4. The molecule has 1 aliphatic rings. The lowest BCUT2D eigenvalue weighted by Crippen LogP contribution is -2.31. The van der Waals surface area contributed by atoms with E-state index in [1.807, 2.05) is 37.3 Å². The van der Waals surface area contributed by atoms with E-state index in [9.17, 15) is 14.7 Å². The van der Waals surface area contributed by atoms with Crippen molar-refractivity contribution in [3.63, 3.8) is 0 Å². The molecule has 1 aliphatic heterocycles. The number of para-hydroxylation sites is 1. The molecule has 2 heterocycles. The summed E-state index contributed by atoms with van der Waals surface area (Å²) in [6.45, 7) is 1.91. The van der Waals surface area contributed by atoms with Crippen molar-refractivity contribution in [2.24, 2.45) is 0 Å². The highest BCUT2D eigenvalue weighted by Crippen LogP contribution is 2.45. The number of fused-ring (bicyclic) bond motifs is 1. The third-order valence-corrected chi connectivity index (χ3v) is 6.36. The Bertz CT molecular complexity index is 1490. The van der Waals surface area contributed by atoms with E-state index in [2.05, 4.69) is 15.9 Å². The molecule has 0 fully saturated rings. The summed E-state index contributed by atoms with van der Waals surface area (Å²) in [5.74, 6) is -1.31. The van der Waals surface area contributed by atoms with Gasteiger partial charge >= 0.3 is 0 Å². The molecule has 0 saturated carbocycles. The second-order valence-corrected chi connectivity index (χ2v) is 8.96. The maximum Gasteiger partial charge on any atom is 0.294 e. The molecule has 0 radical (unpaired) electrons. The van der Waals surface area contributed by atoms with Gasteiger partial charge in [0.15, 0.2) is 11.5 Å². The lowest BCUT2D eigenvalue weighted by Gasteiger charge is -2.28. The van der Waals surface area contributed by atoms with E-state index in [-0.39, 0.29) is 11.3 Å². The number of amides is 1. The molecule has 0 spiro atoms. The molecular formula is C27H20BrNO5. The fraction of sp³-hybridized carbons (Fsp3) is 0.111. The third-order valence-electron chi connectivity index (χ3n) is 5.87. The van der Waals surface area contributed by atoms with Crippen LogP contribution >= 0.6 is 15.9 Å². The number of ketones is 1. The van der Waals surface area contributed by atoms with E-state index < -0.39 is 23.5 Å². The van der Waals surface area contributed by atoms with Gasteiger partial charge in [-0.15, -0.1) is 0 Å². The van der Waals surface area contributed by atoms with Gasteiger partial charge in [0.2, 0.25) is 5.78 Å². The molecule has 1 atom stereocenters. The molecule has 3 aromatic carbocycles. The number of benzene rings is 3. The van der Waals surface area contributed by atoms with Gasteiger partial charge in [-0.3, -0.25) is 14.5 Å². The summed E-state index contributed by atoms with van der Waals surface area (Å²) >= 11 is 3.42. The average molecular weight is 518 g/mol. The van der Waals surface area contributed by atoms with Crippen molar-refractivity contribution in [3.05, 3.63) is 105 Å². The minimum absolute atomic E-state index is 0.0356. The number of aryl methyl sites for hydroxylation is 1. The Morgan fingerprint density at radius 3 is 2.62 bits per heavy atom. The number of hydrogen-bond acceptors (Lipinski definition) is 5. The molecule has 1 amide bonds. The predicted octanol–water partition coefficient (Wildman–Crippen LogP) is 6.30. The average Bonchev–Trinajstić information content (AvgIpc) is 3.37. The molecule has 7 heteroatoms. The summed E-state index contributed by atoms with van der Waals surface area (Å²) in [5.41, 5.74) is 2.54. The van der Waals surface area contributed by atoms with Crippen LogP contribution in [0.5, 0.6) is 5.75 Å². The molecular weight excluding hydrogens is 498 g/mol. The van der Waals surface area contributed by atoms with E-state index in [4.69, 9.17) is 9.15 Å². The molecule has 4 aromatic rings. The molecule has 34 heavy (non-hydrogen) atoms. The van der Waals surface area contributed by atoms with Gasteiger partial charge in [0.25, 0.3) is 5.91 Å². The molecule has 5 rings (SSSR count). The zero-order valence-corrected chi connectivity index (χ0v) is 20.0. The van der Waals surface area contributed by atoms with Crippen molar-refractivity contribution >= 4 is 44.3 Å². The minimum atomic E-state index is -0.905. The summed E-state index contributed by atoms with van der Waals surface area (Å²) in [6, 6.07) is 20.6. The fourth-order valence-corrected chi connectivity index (χ4v) is 4.71. The quantitative estimate of drug-likeness (QED) is 0.314. The Morgan fingerprint density at radius 2 is 1.85 bits per heavy atom. The van der Waals surface area contributed by atoms with Crippen LogP contribution in [0.1, 0.15) is 27.7 Å². The number of halogens is 1. The number of carbonyl (C=O) groups excluding carboxylic acids is 2. The third kappa shape index (κ3) is 3.58. The largest absolute Gasteiger partial charge is 0.503 e. The topological polar surface area (TPSA) is 80.0 Å². The number of rotatable bonds is 5. The number of Topliss-reactive ketones (excluding diaryl/α,β-unsaturated/α-hetero) is 1. The highest BCUT2D eigenvalue weighted by molar-refractivity contribution is 9.10. The fourth-order valence-electron chi connectivity index (χ4n) is 4.33. The van der Waals surface area contributed by atoms with E-state index in [1.165, 1.54) is 12.0 Å².